The molecule has 1 aromatic heterocycles. The molecule has 0 N–H and O–H groups in total. The van der Waals surface area contributed by atoms with Crippen LogP contribution in [0.4, 0.5) is 0 Å². The van der Waals surface area contributed by atoms with Gasteiger partial charge in [0.25, 0.3) is 0 Å². The molecule has 3 aromatic carbocycles. The monoisotopic (exact) mass is 557 g/mol. The molecule has 0 bridgehead atoms. The van der Waals surface area contributed by atoms with Crippen LogP contribution in [0.5, 0.6) is 11.5 Å². The second kappa shape index (κ2) is 12.2. The van der Waals surface area contributed by atoms with E-state index in [1.807, 2.05) is 49.4 Å². The Morgan fingerprint density at radius 3 is 2.50 bits per heavy atom. The topological polar surface area (TPSA) is 51.9 Å². The number of likely N-dealkylation sites (tertiary alicyclic amines) is 1. The van der Waals surface area contributed by atoms with Gasteiger partial charge in [0.05, 0.1) is 7.11 Å². The maximum atomic E-state index is 13.2. The number of methoxy groups -OCH3 is 1. The van der Waals surface area contributed by atoms with Crippen LogP contribution in [0.2, 0.25) is 0 Å². The van der Waals surface area contributed by atoms with Crippen LogP contribution in [-0.4, -0.2) is 38.3 Å². The second-order valence-electron chi connectivity index (χ2n) is 9.06. The minimum Gasteiger partial charge on any atom is -0.497 e. The number of hydrogen-bond donors (Lipinski definition) is 0. The molecule has 2 heterocycles. The van der Waals surface area contributed by atoms with Crippen molar-refractivity contribution in [3.63, 3.8) is 0 Å². The van der Waals surface area contributed by atoms with E-state index in [1.54, 1.807) is 13.2 Å². The summed E-state index contributed by atoms with van der Waals surface area (Å²) in [6, 6.07) is 22.6. The number of hydrogen-bond acceptors (Lipinski definition) is 5. The Morgan fingerprint density at radius 1 is 1.03 bits per heavy atom. The van der Waals surface area contributed by atoms with E-state index in [0.29, 0.717) is 29.9 Å². The van der Waals surface area contributed by atoms with Crippen LogP contribution < -0.4 is 15.1 Å². The first-order valence-corrected chi connectivity index (χ1v) is 12.2. The molecule has 1 fully saturated rings. The van der Waals surface area contributed by atoms with Crippen LogP contribution in [0.1, 0.15) is 29.5 Å². The van der Waals surface area contributed by atoms with E-state index in [2.05, 4.69) is 23.1 Å². The van der Waals surface area contributed by atoms with Crippen molar-refractivity contribution in [2.24, 2.45) is 0 Å². The van der Waals surface area contributed by atoms with Gasteiger partial charge >= 0.3 is 5.63 Å². The van der Waals surface area contributed by atoms with Crippen molar-refractivity contribution in [1.29, 1.82) is 0 Å². The van der Waals surface area contributed by atoms with Gasteiger partial charge in [-0.3, -0.25) is 4.90 Å². The average Bonchev–Trinajstić information content (AvgIpc) is 3.39. The molecular formula is C30H30NO4Y-. The number of benzene rings is 3. The molecule has 4 aromatic rings. The molecule has 183 valence electrons. The van der Waals surface area contributed by atoms with Gasteiger partial charge in [-0.05, 0) is 67.7 Å². The van der Waals surface area contributed by atoms with E-state index >= 15 is 0 Å². The third-order valence-corrected chi connectivity index (χ3v) is 6.74. The van der Waals surface area contributed by atoms with Crippen LogP contribution in [0.25, 0.3) is 22.1 Å². The van der Waals surface area contributed by atoms with Gasteiger partial charge in [-0.15, -0.1) is 5.56 Å². The Bertz CT molecular complexity index is 1370. The fourth-order valence-electron chi connectivity index (χ4n) is 4.83. The summed E-state index contributed by atoms with van der Waals surface area (Å²) in [5, 5.41) is 0.901. The van der Waals surface area contributed by atoms with Crippen molar-refractivity contribution >= 4 is 11.0 Å². The summed E-state index contributed by atoms with van der Waals surface area (Å²) in [6.45, 7) is 6.00. The minimum absolute atomic E-state index is 0. The zero-order valence-electron chi connectivity index (χ0n) is 20.9. The summed E-state index contributed by atoms with van der Waals surface area (Å²) in [7, 11) is 1.60. The third-order valence-electron chi connectivity index (χ3n) is 6.74. The van der Waals surface area contributed by atoms with Crippen molar-refractivity contribution in [2.75, 3.05) is 33.4 Å². The average molecular weight is 557 g/mol. The molecular weight excluding hydrogens is 527 g/mol. The molecule has 0 spiro atoms. The maximum Gasteiger partial charge on any atom is 0.342 e. The predicted molar refractivity (Wildman–Crippen MR) is 138 cm³/mol. The van der Waals surface area contributed by atoms with Crippen LogP contribution in [0, 0.1) is 13.0 Å². The van der Waals surface area contributed by atoms with Crippen molar-refractivity contribution in [3.05, 3.63) is 93.8 Å². The molecule has 1 aliphatic rings. The number of ether oxygens (including phenoxy) is 2. The Morgan fingerprint density at radius 2 is 1.78 bits per heavy atom. The fourth-order valence-corrected chi connectivity index (χ4v) is 4.83. The molecule has 5 nitrogen and oxygen atoms in total. The Labute approximate surface area is 237 Å². The zero-order chi connectivity index (χ0) is 24.2. The zero-order valence-corrected chi connectivity index (χ0v) is 23.7. The quantitative estimate of drug-likeness (QED) is 0.207. The molecule has 0 atom stereocenters. The van der Waals surface area contributed by atoms with Crippen LogP contribution >= 0.6 is 0 Å². The molecule has 0 aliphatic carbocycles. The van der Waals surface area contributed by atoms with Gasteiger partial charge in [-0.2, -0.15) is 29.8 Å². The second-order valence-corrected chi connectivity index (χ2v) is 9.06. The standard InChI is InChI=1S/C30H30NO4.Y/c1-21-7-3-4-8-25(21)29-27(26-14-13-24(33-2)20-28(26)35-30(29)32)19-22-9-11-23(12-10-22)34-18-17-31-15-5-6-16-31;/h4,7-14,20H,5-6,15-19H2,1-2H3;/q-1;. The van der Waals surface area contributed by atoms with Gasteiger partial charge in [0.15, 0.2) is 0 Å². The predicted octanol–water partition coefficient (Wildman–Crippen LogP) is 5.64. The van der Waals surface area contributed by atoms with Crippen LogP contribution in [-0.2, 0) is 39.1 Å². The van der Waals surface area contributed by atoms with E-state index in [-0.39, 0.29) is 38.3 Å². The molecule has 0 amide bonds. The molecule has 0 saturated carbocycles. The van der Waals surface area contributed by atoms with E-state index in [4.69, 9.17) is 13.9 Å². The largest absolute Gasteiger partial charge is 0.497 e. The summed E-state index contributed by atoms with van der Waals surface area (Å²) in [6.07, 6.45) is 3.17. The van der Waals surface area contributed by atoms with Crippen molar-refractivity contribution in [3.8, 4) is 22.6 Å². The smallest absolute Gasteiger partial charge is 0.342 e. The summed E-state index contributed by atoms with van der Waals surface area (Å²) in [4.78, 5) is 15.7. The first-order chi connectivity index (χ1) is 17.1. The van der Waals surface area contributed by atoms with Gasteiger partial charge in [0, 0.05) is 56.3 Å². The van der Waals surface area contributed by atoms with Crippen molar-refractivity contribution < 1.29 is 46.6 Å². The first kappa shape index (κ1) is 26.6. The summed E-state index contributed by atoms with van der Waals surface area (Å²) in [5.41, 5.74) is 4.66. The molecule has 5 rings (SSSR count). The number of rotatable bonds is 8. The Kier molecular flexibility index (Phi) is 9.00. The van der Waals surface area contributed by atoms with Crippen molar-refractivity contribution in [1.82, 2.24) is 4.90 Å². The Hall–Kier alpha value is -2.47. The molecule has 1 radical (unpaired) electrons. The third kappa shape index (κ3) is 5.91. The minimum atomic E-state index is -0.350. The van der Waals surface area contributed by atoms with E-state index in [0.717, 1.165) is 39.9 Å². The van der Waals surface area contributed by atoms with Crippen LogP contribution in [0.3, 0.4) is 0 Å². The molecule has 36 heavy (non-hydrogen) atoms. The molecule has 0 unspecified atom stereocenters. The van der Waals surface area contributed by atoms with Gasteiger partial charge in [-0.1, -0.05) is 19.1 Å². The van der Waals surface area contributed by atoms with E-state index in [1.165, 1.54) is 25.9 Å². The van der Waals surface area contributed by atoms with Crippen LogP contribution in [0.15, 0.2) is 69.9 Å². The fraction of sp³-hybridized carbons (Fsp3) is 0.300. The van der Waals surface area contributed by atoms with Gasteiger partial charge in [0.2, 0.25) is 0 Å². The normalized spacial score (nSPS) is 13.5. The van der Waals surface area contributed by atoms with Crippen molar-refractivity contribution in [2.45, 2.75) is 26.2 Å². The van der Waals surface area contributed by atoms with Gasteiger partial charge in [0.1, 0.15) is 23.7 Å². The number of nitrogens with zero attached hydrogens (tertiary/aromatic N) is 1. The first-order valence-electron chi connectivity index (χ1n) is 12.2. The molecule has 1 saturated heterocycles. The summed E-state index contributed by atoms with van der Waals surface area (Å²) in [5.74, 6) is 1.52. The van der Waals surface area contributed by atoms with Gasteiger partial charge < -0.3 is 13.9 Å². The SMILES string of the molecule is COc1ccc2c(Cc3ccc(OCCN4CCCC4)cc3)c(-c3cc[c-]cc3C)c(=O)oc2c1.[Y]. The van der Waals surface area contributed by atoms with Gasteiger partial charge in [-0.25, -0.2) is 4.79 Å². The number of fused-ring (bicyclic) bond motifs is 1. The Balaban J connectivity index is 0.00000304. The summed E-state index contributed by atoms with van der Waals surface area (Å²) < 4.78 is 17.1. The maximum absolute atomic E-state index is 13.2. The van der Waals surface area contributed by atoms with E-state index < -0.39 is 0 Å². The number of aryl methyl sites for hydroxylation is 1. The summed E-state index contributed by atoms with van der Waals surface area (Å²) >= 11 is 0. The molecule has 1 aliphatic heterocycles. The molecule has 6 heteroatoms. The van der Waals surface area contributed by atoms with E-state index in [9.17, 15) is 4.79 Å².